The molecule has 0 unspecified atom stereocenters. The van der Waals surface area contributed by atoms with Crippen molar-refractivity contribution in [3.8, 4) is 5.75 Å². The largest absolute Gasteiger partial charge is 0.417 e. The first-order valence-electron chi connectivity index (χ1n) is 6.84. The van der Waals surface area contributed by atoms with E-state index in [1.807, 2.05) is 19.1 Å². The lowest BCUT2D eigenvalue weighted by Gasteiger charge is -2.07. The van der Waals surface area contributed by atoms with E-state index in [-0.39, 0.29) is 4.87 Å². The lowest BCUT2D eigenvalue weighted by molar-refractivity contribution is 0.215. The van der Waals surface area contributed by atoms with Gasteiger partial charge in [0.1, 0.15) is 5.75 Å². The van der Waals surface area contributed by atoms with Crippen molar-refractivity contribution in [2.75, 3.05) is 5.32 Å². The minimum Gasteiger partial charge on any atom is -0.410 e. The fraction of sp³-hybridized carbons (Fsp3) is 0.125. The summed E-state index contributed by atoms with van der Waals surface area (Å²) in [6.45, 7) is 2.55. The normalized spacial score (nSPS) is 10.6. The van der Waals surface area contributed by atoms with Crippen LogP contribution in [-0.4, -0.2) is 10.7 Å². The van der Waals surface area contributed by atoms with Gasteiger partial charge in [-0.2, -0.15) is 0 Å². The van der Waals surface area contributed by atoms with Crippen molar-refractivity contribution in [3.63, 3.8) is 0 Å². The molecule has 2 aromatic carbocycles. The van der Waals surface area contributed by atoms with Crippen LogP contribution in [0.25, 0.3) is 10.2 Å². The number of carbonyl (C=O) groups is 1. The number of aromatic nitrogens is 1. The number of ether oxygens (including phenoxy) is 1. The topological polar surface area (TPSA) is 60.3 Å². The predicted octanol–water partition coefficient (Wildman–Crippen LogP) is 3.69. The van der Waals surface area contributed by atoms with E-state index in [0.717, 1.165) is 21.6 Å². The number of nitrogens with zero attached hydrogens (tertiary/aromatic N) is 1. The smallest absolute Gasteiger partial charge is 0.410 e. The molecule has 0 aliphatic carbocycles. The Labute approximate surface area is 130 Å². The molecule has 0 aliphatic heterocycles. The van der Waals surface area contributed by atoms with Crippen molar-refractivity contribution in [2.45, 2.75) is 13.5 Å². The first-order chi connectivity index (χ1) is 10.7. The Morgan fingerprint density at radius 2 is 2.00 bits per heavy atom. The van der Waals surface area contributed by atoms with Gasteiger partial charge in [0.05, 0.1) is 10.2 Å². The molecule has 6 heteroatoms. The predicted molar refractivity (Wildman–Crippen MR) is 87.8 cm³/mol. The number of para-hydroxylation sites is 1. The minimum absolute atomic E-state index is 0.00140. The third kappa shape index (κ3) is 2.87. The van der Waals surface area contributed by atoms with Crippen LogP contribution in [0.5, 0.6) is 5.75 Å². The Morgan fingerprint density at radius 1 is 1.23 bits per heavy atom. The maximum Gasteiger partial charge on any atom is 0.417 e. The van der Waals surface area contributed by atoms with Gasteiger partial charge in [-0.25, -0.2) is 4.79 Å². The summed E-state index contributed by atoms with van der Waals surface area (Å²) >= 11 is 1.16. The molecule has 22 heavy (non-hydrogen) atoms. The SMILES string of the molecule is CCn1c(=O)sc2cc(NC(=O)Oc3ccccc3)ccc21. The van der Waals surface area contributed by atoms with E-state index in [2.05, 4.69) is 5.32 Å². The summed E-state index contributed by atoms with van der Waals surface area (Å²) in [5.74, 6) is 0.475. The summed E-state index contributed by atoms with van der Waals surface area (Å²) in [5, 5.41) is 2.66. The lowest BCUT2D eigenvalue weighted by atomic mass is 10.3. The van der Waals surface area contributed by atoms with Gasteiger partial charge in [-0.15, -0.1) is 0 Å². The maximum absolute atomic E-state index is 11.8. The third-order valence-electron chi connectivity index (χ3n) is 3.18. The average Bonchev–Trinajstić information content (AvgIpc) is 2.82. The molecule has 0 radical (unpaired) electrons. The number of hydrogen-bond donors (Lipinski definition) is 1. The first-order valence-corrected chi connectivity index (χ1v) is 7.66. The highest BCUT2D eigenvalue weighted by atomic mass is 32.1. The van der Waals surface area contributed by atoms with Crippen LogP contribution in [0.1, 0.15) is 6.92 Å². The zero-order valence-electron chi connectivity index (χ0n) is 11.9. The summed E-state index contributed by atoms with van der Waals surface area (Å²) in [4.78, 5) is 23.7. The van der Waals surface area contributed by atoms with Crippen molar-refractivity contribution in [2.24, 2.45) is 0 Å². The Bertz CT molecular complexity index is 868. The van der Waals surface area contributed by atoms with Crippen molar-refractivity contribution in [1.82, 2.24) is 4.57 Å². The number of nitrogens with one attached hydrogen (secondary N) is 1. The highest BCUT2D eigenvalue weighted by molar-refractivity contribution is 7.16. The van der Waals surface area contributed by atoms with Crippen LogP contribution in [0.2, 0.25) is 0 Å². The molecule has 1 aromatic heterocycles. The Kier molecular flexibility index (Phi) is 3.93. The van der Waals surface area contributed by atoms with E-state index in [9.17, 15) is 9.59 Å². The van der Waals surface area contributed by atoms with Gasteiger partial charge in [-0.3, -0.25) is 14.7 Å². The molecular formula is C16H14N2O3S. The number of amides is 1. The monoisotopic (exact) mass is 314 g/mol. The maximum atomic E-state index is 11.8. The molecule has 112 valence electrons. The second-order valence-corrected chi connectivity index (χ2v) is 5.62. The van der Waals surface area contributed by atoms with E-state index in [4.69, 9.17) is 4.74 Å². The van der Waals surface area contributed by atoms with Gasteiger partial charge in [0, 0.05) is 12.2 Å². The van der Waals surface area contributed by atoms with Gasteiger partial charge in [0.15, 0.2) is 0 Å². The quantitative estimate of drug-likeness (QED) is 0.802. The van der Waals surface area contributed by atoms with Crippen LogP contribution in [-0.2, 0) is 6.54 Å². The highest BCUT2D eigenvalue weighted by Crippen LogP contribution is 2.22. The first kappa shape index (κ1) is 14.3. The van der Waals surface area contributed by atoms with Gasteiger partial charge in [-0.05, 0) is 37.3 Å². The molecular weight excluding hydrogens is 300 g/mol. The molecule has 0 saturated heterocycles. The van der Waals surface area contributed by atoms with E-state index in [1.165, 1.54) is 0 Å². The molecule has 3 aromatic rings. The number of benzene rings is 2. The average molecular weight is 314 g/mol. The van der Waals surface area contributed by atoms with Crippen LogP contribution in [0, 0.1) is 0 Å². The van der Waals surface area contributed by atoms with E-state index in [1.54, 1.807) is 41.0 Å². The van der Waals surface area contributed by atoms with Gasteiger partial charge >= 0.3 is 11.0 Å². The molecule has 1 N–H and O–H groups in total. The molecule has 0 atom stereocenters. The standard InChI is InChI=1S/C16H14N2O3S/c1-2-18-13-9-8-11(10-14(13)22-16(18)20)17-15(19)21-12-6-4-3-5-7-12/h3-10H,2H2,1H3,(H,17,19). The Morgan fingerprint density at radius 3 is 2.73 bits per heavy atom. The number of fused-ring (bicyclic) bond motifs is 1. The summed E-state index contributed by atoms with van der Waals surface area (Å²) in [6, 6.07) is 14.2. The molecule has 0 aliphatic rings. The van der Waals surface area contributed by atoms with Crippen LogP contribution >= 0.6 is 11.3 Å². The van der Waals surface area contributed by atoms with Gasteiger partial charge in [0.25, 0.3) is 0 Å². The second kappa shape index (κ2) is 6.03. The molecule has 0 bridgehead atoms. The Balaban J connectivity index is 1.79. The molecule has 3 rings (SSSR count). The van der Waals surface area contributed by atoms with Crippen LogP contribution < -0.4 is 14.9 Å². The molecule has 0 spiro atoms. The van der Waals surface area contributed by atoms with Crippen molar-refractivity contribution >= 4 is 33.3 Å². The number of rotatable bonds is 3. The number of anilines is 1. The van der Waals surface area contributed by atoms with Crippen LogP contribution in [0.15, 0.2) is 53.3 Å². The third-order valence-corrected chi connectivity index (χ3v) is 4.13. The molecule has 1 amide bonds. The van der Waals surface area contributed by atoms with Crippen LogP contribution in [0.3, 0.4) is 0 Å². The van der Waals surface area contributed by atoms with Crippen molar-refractivity contribution in [1.29, 1.82) is 0 Å². The summed E-state index contributed by atoms with van der Waals surface area (Å²) in [6.07, 6.45) is -0.562. The van der Waals surface area contributed by atoms with Crippen molar-refractivity contribution in [3.05, 3.63) is 58.2 Å². The highest BCUT2D eigenvalue weighted by Gasteiger charge is 2.09. The Hall–Kier alpha value is -2.60. The number of carbonyl (C=O) groups excluding carboxylic acids is 1. The van der Waals surface area contributed by atoms with Gasteiger partial charge in [0.2, 0.25) is 0 Å². The number of hydrogen-bond acceptors (Lipinski definition) is 4. The molecule has 0 saturated carbocycles. The summed E-state index contributed by atoms with van der Waals surface area (Å²) < 4.78 is 7.70. The van der Waals surface area contributed by atoms with E-state index < -0.39 is 6.09 Å². The van der Waals surface area contributed by atoms with Crippen molar-refractivity contribution < 1.29 is 9.53 Å². The van der Waals surface area contributed by atoms with Gasteiger partial charge < -0.3 is 4.74 Å². The second-order valence-electron chi connectivity index (χ2n) is 4.62. The van der Waals surface area contributed by atoms with Gasteiger partial charge in [-0.1, -0.05) is 29.5 Å². The molecule has 5 nitrogen and oxygen atoms in total. The van der Waals surface area contributed by atoms with Crippen LogP contribution in [0.4, 0.5) is 10.5 Å². The van der Waals surface area contributed by atoms with E-state index >= 15 is 0 Å². The zero-order chi connectivity index (χ0) is 15.5. The molecule has 0 fully saturated rings. The minimum atomic E-state index is -0.562. The fourth-order valence-electron chi connectivity index (χ4n) is 2.18. The lowest BCUT2D eigenvalue weighted by Crippen LogP contribution is -2.16. The zero-order valence-corrected chi connectivity index (χ0v) is 12.7. The molecule has 1 heterocycles. The summed E-state index contributed by atoms with van der Waals surface area (Å²) in [7, 11) is 0. The number of aryl methyl sites for hydroxylation is 1. The summed E-state index contributed by atoms with van der Waals surface area (Å²) in [5.41, 5.74) is 1.47. The van der Waals surface area contributed by atoms with E-state index in [0.29, 0.717) is 18.0 Å². The number of thiazole rings is 1. The fourth-order valence-corrected chi connectivity index (χ4v) is 3.18.